The van der Waals surface area contributed by atoms with E-state index in [1.807, 2.05) is 0 Å². The van der Waals surface area contributed by atoms with Crippen LogP contribution >= 0.6 is 11.8 Å². The smallest absolute Gasteiger partial charge is 0.414 e. The van der Waals surface area contributed by atoms with Gasteiger partial charge >= 0.3 is 6.09 Å². The van der Waals surface area contributed by atoms with Crippen molar-refractivity contribution in [2.24, 2.45) is 5.92 Å². The van der Waals surface area contributed by atoms with Crippen LogP contribution in [0.25, 0.3) is 0 Å². The highest BCUT2D eigenvalue weighted by molar-refractivity contribution is 7.99. The maximum absolute atomic E-state index is 14.7. The summed E-state index contributed by atoms with van der Waals surface area (Å²) in [5.41, 5.74) is 0.574. The third kappa shape index (κ3) is 4.21. The molecule has 8 heteroatoms. The highest BCUT2D eigenvalue weighted by atomic mass is 32.2. The summed E-state index contributed by atoms with van der Waals surface area (Å²) in [6, 6.07) is 4.78. The van der Waals surface area contributed by atoms with Gasteiger partial charge in [0.2, 0.25) is 5.91 Å². The normalized spacial score (nSPS) is 28.1. The Kier molecular flexibility index (Phi) is 5.27. The Morgan fingerprint density at radius 1 is 1.37 bits per heavy atom. The zero-order valence-corrected chi connectivity index (χ0v) is 15.7. The van der Waals surface area contributed by atoms with Gasteiger partial charge in [0.25, 0.3) is 0 Å². The Hall–Kier alpha value is -1.80. The Morgan fingerprint density at radius 3 is 2.89 bits per heavy atom. The van der Waals surface area contributed by atoms with E-state index in [1.54, 1.807) is 12.1 Å². The number of carbonyl (C=O) groups excluding carboxylic acids is 2. The SMILES string of the molecule is O=C(NCC1CN(c2ccc([C@H]3CCSC(O)C3)c(F)c2)C(=O)O1)C1CC1. The van der Waals surface area contributed by atoms with Crippen LogP contribution < -0.4 is 10.2 Å². The van der Waals surface area contributed by atoms with Crippen LogP contribution in [0.2, 0.25) is 0 Å². The molecule has 0 bridgehead atoms. The Morgan fingerprint density at radius 2 is 2.19 bits per heavy atom. The zero-order chi connectivity index (χ0) is 19.0. The average molecular weight is 394 g/mol. The molecule has 1 aromatic carbocycles. The van der Waals surface area contributed by atoms with Gasteiger partial charge in [0, 0.05) is 5.92 Å². The third-order valence-corrected chi connectivity index (χ3v) is 6.37. The number of thioether (sulfide) groups is 1. The highest BCUT2D eigenvalue weighted by Gasteiger charge is 2.35. The van der Waals surface area contributed by atoms with E-state index in [4.69, 9.17) is 4.74 Å². The molecule has 0 spiro atoms. The number of ether oxygens (including phenoxy) is 1. The maximum Gasteiger partial charge on any atom is 0.414 e. The lowest BCUT2D eigenvalue weighted by atomic mass is 9.92. The number of nitrogens with zero attached hydrogens (tertiary/aromatic N) is 1. The molecule has 0 radical (unpaired) electrons. The third-order valence-electron chi connectivity index (χ3n) is 5.32. The molecule has 2 aliphatic heterocycles. The van der Waals surface area contributed by atoms with Gasteiger partial charge in [-0.05, 0) is 55.1 Å². The number of hydrogen-bond donors (Lipinski definition) is 2. The molecule has 1 aliphatic carbocycles. The highest BCUT2D eigenvalue weighted by Crippen LogP contribution is 2.37. The number of amides is 2. The Labute approximate surface area is 161 Å². The number of carbonyl (C=O) groups is 2. The molecule has 3 atom stereocenters. The Bertz CT molecular complexity index is 742. The Balaban J connectivity index is 1.39. The number of cyclic esters (lactones) is 1. The average Bonchev–Trinajstić information content (AvgIpc) is 3.42. The number of rotatable bonds is 5. The van der Waals surface area contributed by atoms with E-state index < -0.39 is 17.6 Å². The molecule has 146 valence electrons. The van der Waals surface area contributed by atoms with E-state index >= 15 is 0 Å². The molecule has 3 fully saturated rings. The largest absolute Gasteiger partial charge is 0.442 e. The minimum atomic E-state index is -0.530. The molecular formula is C19H23FN2O4S. The van der Waals surface area contributed by atoms with Gasteiger partial charge in [-0.15, -0.1) is 11.8 Å². The molecule has 4 rings (SSSR count). The van der Waals surface area contributed by atoms with Crippen molar-refractivity contribution in [1.29, 1.82) is 0 Å². The van der Waals surface area contributed by atoms with Crippen LogP contribution in [0.1, 0.15) is 37.2 Å². The summed E-state index contributed by atoms with van der Waals surface area (Å²) < 4.78 is 20.0. The number of nitrogens with one attached hydrogen (secondary N) is 1. The van der Waals surface area contributed by atoms with Crippen molar-refractivity contribution >= 4 is 29.4 Å². The van der Waals surface area contributed by atoms with Crippen molar-refractivity contribution in [3.05, 3.63) is 29.6 Å². The van der Waals surface area contributed by atoms with Crippen molar-refractivity contribution < 1.29 is 23.8 Å². The lowest BCUT2D eigenvalue weighted by Gasteiger charge is -2.26. The number of benzene rings is 1. The number of anilines is 1. The molecule has 27 heavy (non-hydrogen) atoms. The van der Waals surface area contributed by atoms with Gasteiger partial charge < -0.3 is 15.2 Å². The first-order valence-electron chi connectivity index (χ1n) is 9.36. The first kappa shape index (κ1) is 18.6. The number of halogens is 1. The molecule has 1 saturated carbocycles. The molecule has 2 N–H and O–H groups in total. The van der Waals surface area contributed by atoms with Crippen molar-refractivity contribution in [2.45, 2.75) is 43.1 Å². The van der Waals surface area contributed by atoms with Crippen LogP contribution in [-0.2, 0) is 9.53 Å². The van der Waals surface area contributed by atoms with Gasteiger partial charge in [-0.1, -0.05) is 6.07 Å². The summed E-state index contributed by atoms with van der Waals surface area (Å²) >= 11 is 1.49. The van der Waals surface area contributed by atoms with Gasteiger partial charge in [-0.25, -0.2) is 9.18 Å². The van der Waals surface area contributed by atoms with E-state index in [0.717, 1.165) is 25.0 Å². The standard InChI is InChI=1S/C19H23FN2O4S/c20-16-8-13(3-4-15(16)12-5-6-27-17(23)7-12)22-10-14(26-19(22)25)9-21-18(24)11-1-2-11/h3-4,8,11-12,14,17,23H,1-2,5-7,9-10H2,(H,21,24)/t12-,14?,17?/m0/s1. The summed E-state index contributed by atoms with van der Waals surface area (Å²) in [6.07, 6.45) is 2.24. The van der Waals surface area contributed by atoms with Crippen LogP contribution in [0.4, 0.5) is 14.9 Å². The second kappa shape index (κ2) is 7.67. The number of aliphatic hydroxyl groups is 1. The van der Waals surface area contributed by atoms with Gasteiger partial charge in [0.05, 0.1) is 24.2 Å². The van der Waals surface area contributed by atoms with E-state index in [0.29, 0.717) is 17.7 Å². The van der Waals surface area contributed by atoms with E-state index in [2.05, 4.69) is 5.32 Å². The fourth-order valence-corrected chi connectivity index (χ4v) is 4.68. The minimum Gasteiger partial charge on any atom is -0.442 e. The summed E-state index contributed by atoms with van der Waals surface area (Å²) in [4.78, 5) is 25.3. The fourth-order valence-electron chi connectivity index (χ4n) is 3.62. The van der Waals surface area contributed by atoms with Gasteiger partial charge in [0.1, 0.15) is 11.9 Å². The van der Waals surface area contributed by atoms with E-state index in [-0.39, 0.29) is 36.6 Å². The summed E-state index contributed by atoms with van der Waals surface area (Å²) in [5, 5.41) is 12.6. The molecule has 2 unspecified atom stereocenters. The topological polar surface area (TPSA) is 78.9 Å². The molecule has 2 heterocycles. The molecule has 0 aromatic heterocycles. The minimum absolute atomic E-state index is 0.00716. The molecule has 2 saturated heterocycles. The molecule has 6 nitrogen and oxygen atoms in total. The monoisotopic (exact) mass is 394 g/mol. The van der Waals surface area contributed by atoms with Crippen LogP contribution in [0.3, 0.4) is 0 Å². The fraction of sp³-hybridized carbons (Fsp3) is 0.579. The molecule has 3 aliphatic rings. The van der Waals surface area contributed by atoms with Crippen LogP contribution in [0.5, 0.6) is 0 Å². The maximum atomic E-state index is 14.7. The summed E-state index contributed by atoms with van der Waals surface area (Å²) in [7, 11) is 0. The van der Waals surface area contributed by atoms with Gasteiger partial charge in [-0.2, -0.15) is 0 Å². The lowest BCUT2D eigenvalue weighted by molar-refractivity contribution is -0.122. The van der Waals surface area contributed by atoms with Gasteiger partial charge in [-0.3, -0.25) is 9.69 Å². The van der Waals surface area contributed by atoms with E-state index in [1.165, 1.54) is 22.7 Å². The van der Waals surface area contributed by atoms with Crippen molar-refractivity contribution in [3.63, 3.8) is 0 Å². The summed E-state index contributed by atoms with van der Waals surface area (Å²) in [5.74, 6) is 0.546. The lowest BCUT2D eigenvalue weighted by Crippen LogP contribution is -2.35. The molecule has 2 amide bonds. The van der Waals surface area contributed by atoms with E-state index in [9.17, 15) is 19.1 Å². The zero-order valence-electron chi connectivity index (χ0n) is 14.9. The van der Waals surface area contributed by atoms with Crippen molar-refractivity contribution in [1.82, 2.24) is 5.32 Å². The van der Waals surface area contributed by atoms with Crippen molar-refractivity contribution in [2.75, 3.05) is 23.7 Å². The second-order valence-corrected chi connectivity index (χ2v) is 8.67. The van der Waals surface area contributed by atoms with Crippen molar-refractivity contribution in [3.8, 4) is 0 Å². The quantitative estimate of drug-likeness (QED) is 0.803. The first-order valence-corrected chi connectivity index (χ1v) is 10.4. The predicted molar refractivity (Wildman–Crippen MR) is 100 cm³/mol. The first-order chi connectivity index (χ1) is 13.0. The summed E-state index contributed by atoms with van der Waals surface area (Å²) in [6.45, 7) is 0.553. The van der Waals surface area contributed by atoms with Crippen LogP contribution in [0.15, 0.2) is 18.2 Å². The predicted octanol–water partition coefficient (Wildman–Crippen LogP) is 2.61. The number of aliphatic hydroxyl groups excluding tert-OH is 1. The van der Waals surface area contributed by atoms with Crippen LogP contribution in [-0.4, -0.2) is 47.5 Å². The van der Waals surface area contributed by atoms with Gasteiger partial charge in [0.15, 0.2) is 0 Å². The molecule has 1 aromatic rings. The molecular weight excluding hydrogens is 371 g/mol. The number of hydrogen-bond acceptors (Lipinski definition) is 5. The van der Waals surface area contributed by atoms with Crippen LogP contribution in [0, 0.1) is 11.7 Å². The second-order valence-electron chi connectivity index (χ2n) is 7.39.